The first-order chi connectivity index (χ1) is 7.15. The molecule has 0 saturated carbocycles. The fourth-order valence-electron chi connectivity index (χ4n) is 1.18. The summed E-state index contributed by atoms with van der Waals surface area (Å²) in [6, 6.07) is 8.95. The molecule has 0 radical (unpaired) electrons. The standard InChI is InChI=1S/C11H11BrO3/c1-8(13)15-11(10(14)7-12)9-5-3-2-4-6-9/h2-6,11H,7H2,1H3/t11-/m1/s1. The molecule has 1 aromatic rings. The van der Waals surface area contributed by atoms with Crippen LogP contribution in [0.2, 0.25) is 0 Å². The summed E-state index contributed by atoms with van der Waals surface area (Å²) in [6.07, 6.45) is -0.803. The molecule has 0 aliphatic heterocycles. The highest BCUT2D eigenvalue weighted by atomic mass is 79.9. The van der Waals surface area contributed by atoms with Crippen molar-refractivity contribution >= 4 is 27.7 Å². The van der Waals surface area contributed by atoms with Crippen LogP contribution in [-0.4, -0.2) is 17.1 Å². The second-order valence-corrected chi connectivity index (χ2v) is 3.56. The number of ether oxygens (including phenoxy) is 1. The highest BCUT2D eigenvalue weighted by molar-refractivity contribution is 9.09. The SMILES string of the molecule is CC(=O)O[C@@H](C(=O)CBr)c1ccccc1. The molecular weight excluding hydrogens is 260 g/mol. The first-order valence-electron chi connectivity index (χ1n) is 4.46. The van der Waals surface area contributed by atoms with Gasteiger partial charge in [-0.15, -0.1) is 0 Å². The molecule has 0 bridgehead atoms. The van der Waals surface area contributed by atoms with E-state index in [0.717, 1.165) is 0 Å². The summed E-state index contributed by atoms with van der Waals surface area (Å²) in [7, 11) is 0. The van der Waals surface area contributed by atoms with E-state index in [4.69, 9.17) is 4.74 Å². The van der Waals surface area contributed by atoms with Gasteiger partial charge in [0, 0.05) is 12.5 Å². The lowest BCUT2D eigenvalue weighted by Crippen LogP contribution is -2.19. The Bertz CT molecular complexity index is 348. The molecule has 1 rings (SSSR count). The van der Waals surface area contributed by atoms with Crippen LogP contribution in [0.1, 0.15) is 18.6 Å². The van der Waals surface area contributed by atoms with Gasteiger partial charge >= 0.3 is 5.97 Å². The molecule has 0 unspecified atom stereocenters. The summed E-state index contributed by atoms with van der Waals surface area (Å²) in [5, 5.41) is 0.167. The number of rotatable bonds is 4. The fraction of sp³-hybridized carbons (Fsp3) is 0.273. The zero-order valence-corrected chi connectivity index (χ0v) is 9.86. The van der Waals surface area contributed by atoms with Crippen LogP contribution in [-0.2, 0) is 14.3 Å². The van der Waals surface area contributed by atoms with Gasteiger partial charge in [-0.2, -0.15) is 0 Å². The lowest BCUT2D eigenvalue weighted by molar-refractivity contribution is -0.152. The van der Waals surface area contributed by atoms with Crippen LogP contribution in [0.4, 0.5) is 0 Å². The zero-order chi connectivity index (χ0) is 11.3. The highest BCUT2D eigenvalue weighted by Gasteiger charge is 2.21. The Labute approximate surface area is 96.6 Å². The van der Waals surface area contributed by atoms with Gasteiger partial charge in [-0.05, 0) is 0 Å². The van der Waals surface area contributed by atoms with Gasteiger partial charge in [0.25, 0.3) is 0 Å². The number of carbonyl (C=O) groups is 2. The van der Waals surface area contributed by atoms with Crippen molar-refractivity contribution in [1.82, 2.24) is 0 Å². The zero-order valence-electron chi connectivity index (χ0n) is 8.27. The van der Waals surface area contributed by atoms with Crippen LogP contribution in [0.15, 0.2) is 30.3 Å². The summed E-state index contributed by atoms with van der Waals surface area (Å²) < 4.78 is 4.97. The van der Waals surface area contributed by atoms with E-state index in [1.165, 1.54) is 6.92 Å². The van der Waals surface area contributed by atoms with Gasteiger partial charge in [0.15, 0.2) is 11.9 Å². The number of esters is 1. The van der Waals surface area contributed by atoms with Gasteiger partial charge < -0.3 is 4.74 Å². The minimum absolute atomic E-state index is 0.167. The van der Waals surface area contributed by atoms with E-state index in [9.17, 15) is 9.59 Å². The van der Waals surface area contributed by atoms with Crippen molar-refractivity contribution in [3.8, 4) is 0 Å². The second-order valence-electron chi connectivity index (χ2n) is 3.00. The normalized spacial score (nSPS) is 11.9. The third-order valence-electron chi connectivity index (χ3n) is 1.81. The van der Waals surface area contributed by atoms with Crippen molar-refractivity contribution < 1.29 is 14.3 Å². The van der Waals surface area contributed by atoms with Crippen LogP contribution < -0.4 is 0 Å². The number of Topliss-reactive ketones (excluding diaryl/α,β-unsaturated/α-hetero) is 1. The third kappa shape index (κ3) is 3.47. The van der Waals surface area contributed by atoms with E-state index in [-0.39, 0.29) is 11.1 Å². The monoisotopic (exact) mass is 270 g/mol. The summed E-state index contributed by atoms with van der Waals surface area (Å²) in [4.78, 5) is 22.4. The third-order valence-corrected chi connectivity index (χ3v) is 2.36. The van der Waals surface area contributed by atoms with Gasteiger partial charge in [0.05, 0.1) is 5.33 Å². The highest BCUT2D eigenvalue weighted by Crippen LogP contribution is 2.19. The van der Waals surface area contributed by atoms with Crippen LogP contribution in [0, 0.1) is 0 Å². The summed E-state index contributed by atoms with van der Waals surface area (Å²) in [5.41, 5.74) is 0.692. The number of halogens is 1. The van der Waals surface area contributed by atoms with Crippen molar-refractivity contribution in [1.29, 1.82) is 0 Å². The minimum Gasteiger partial charge on any atom is -0.450 e. The Hall–Kier alpha value is -1.16. The fourth-order valence-corrected chi connectivity index (χ4v) is 1.48. The van der Waals surface area contributed by atoms with Gasteiger partial charge in [0.1, 0.15) is 0 Å². The minimum atomic E-state index is -0.803. The number of hydrogen-bond donors (Lipinski definition) is 0. The van der Waals surface area contributed by atoms with Gasteiger partial charge in [0.2, 0.25) is 0 Å². The first-order valence-corrected chi connectivity index (χ1v) is 5.58. The molecule has 0 heterocycles. The van der Waals surface area contributed by atoms with Crippen LogP contribution in [0.3, 0.4) is 0 Å². The molecule has 0 saturated heterocycles. The predicted molar refractivity (Wildman–Crippen MR) is 59.8 cm³/mol. The van der Waals surface area contributed by atoms with E-state index < -0.39 is 12.1 Å². The Morgan fingerprint density at radius 2 is 1.93 bits per heavy atom. The van der Waals surface area contributed by atoms with Gasteiger partial charge in [-0.1, -0.05) is 46.3 Å². The maximum atomic E-state index is 11.5. The quantitative estimate of drug-likeness (QED) is 0.623. The summed E-state index contributed by atoms with van der Waals surface area (Å²) in [5.74, 6) is -0.630. The Balaban J connectivity index is 2.91. The van der Waals surface area contributed by atoms with Gasteiger partial charge in [-0.25, -0.2) is 0 Å². The van der Waals surface area contributed by atoms with Crippen molar-refractivity contribution in [3.05, 3.63) is 35.9 Å². The number of carbonyl (C=O) groups excluding carboxylic acids is 2. The largest absolute Gasteiger partial charge is 0.450 e. The van der Waals surface area contributed by atoms with Crippen LogP contribution in [0.25, 0.3) is 0 Å². The van der Waals surface area contributed by atoms with Crippen LogP contribution >= 0.6 is 15.9 Å². The molecule has 1 atom stereocenters. The Morgan fingerprint density at radius 1 is 1.33 bits per heavy atom. The van der Waals surface area contributed by atoms with E-state index in [0.29, 0.717) is 5.56 Å². The van der Waals surface area contributed by atoms with Crippen molar-refractivity contribution in [2.24, 2.45) is 0 Å². The number of benzene rings is 1. The molecule has 0 spiro atoms. The smallest absolute Gasteiger partial charge is 0.303 e. The molecule has 4 heteroatoms. The van der Waals surface area contributed by atoms with Crippen LogP contribution in [0.5, 0.6) is 0 Å². The van der Waals surface area contributed by atoms with E-state index in [1.54, 1.807) is 24.3 Å². The summed E-state index contributed by atoms with van der Waals surface area (Å²) in [6.45, 7) is 1.29. The molecule has 0 N–H and O–H groups in total. The molecule has 1 aromatic carbocycles. The number of ketones is 1. The summed E-state index contributed by atoms with van der Waals surface area (Å²) >= 11 is 3.06. The van der Waals surface area contributed by atoms with E-state index >= 15 is 0 Å². The molecule has 0 amide bonds. The molecule has 0 fully saturated rings. The Kier molecular flexibility index (Phi) is 4.49. The predicted octanol–water partition coefficient (Wildman–Crippen LogP) is 2.25. The molecule has 3 nitrogen and oxygen atoms in total. The molecular formula is C11H11BrO3. The molecule has 15 heavy (non-hydrogen) atoms. The molecule has 0 aliphatic carbocycles. The molecule has 80 valence electrons. The maximum absolute atomic E-state index is 11.5. The average Bonchev–Trinajstić information content (AvgIpc) is 2.26. The Morgan fingerprint density at radius 3 is 2.40 bits per heavy atom. The number of alkyl halides is 1. The van der Waals surface area contributed by atoms with E-state index in [2.05, 4.69) is 15.9 Å². The lowest BCUT2D eigenvalue weighted by atomic mass is 10.1. The van der Waals surface area contributed by atoms with Crippen molar-refractivity contribution in [2.75, 3.05) is 5.33 Å². The van der Waals surface area contributed by atoms with Crippen molar-refractivity contribution in [2.45, 2.75) is 13.0 Å². The molecule has 0 aliphatic rings. The maximum Gasteiger partial charge on any atom is 0.303 e. The number of hydrogen-bond acceptors (Lipinski definition) is 3. The topological polar surface area (TPSA) is 43.4 Å². The lowest BCUT2D eigenvalue weighted by Gasteiger charge is -2.14. The van der Waals surface area contributed by atoms with Crippen molar-refractivity contribution in [3.63, 3.8) is 0 Å². The van der Waals surface area contributed by atoms with Gasteiger partial charge in [-0.3, -0.25) is 9.59 Å². The first kappa shape index (κ1) is 11.9. The van der Waals surface area contributed by atoms with E-state index in [1.807, 2.05) is 6.07 Å². The average molecular weight is 271 g/mol. The second kappa shape index (κ2) is 5.66. The molecule has 0 aromatic heterocycles.